The van der Waals surface area contributed by atoms with Crippen molar-refractivity contribution in [2.45, 2.75) is 59.2 Å². The number of nitrogens with zero attached hydrogens (tertiary/aromatic N) is 2. The Hall–Kier alpha value is -1.23. The van der Waals surface area contributed by atoms with E-state index in [2.05, 4.69) is 44.2 Å². The molecule has 4 unspecified atom stereocenters. The molecule has 5 nitrogen and oxygen atoms in total. The maximum absolute atomic E-state index is 12.0. The minimum Gasteiger partial charge on any atom is -0.384 e. The Morgan fingerprint density at radius 1 is 1.33 bits per heavy atom. The number of fused-ring (bicyclic) bond motifs is 1. The summed E-state index contributed by atoms with van der Waals surface area (Å²) in [5.41, 5.74) is 1.69. The highest BCUT2D eigenvalue weighted by atomic mass is 16.3. The molecular weight excluding hydrogens is 302 g/mol. The lowest BCUT2D eigenvalue weighted by Crippen LogP contribution is -2.38. The predicted molar refractivity (Wildman–Crippen MR) is 94.8 cm³/mol. The third kappa shape index (κ3) is 3.56. The van der Waals surface area contributed by atoms with Crippen LogP contribution in [-0.4, -0.2) is 53.2 Å². The molecule has 0 spiro atoms. The number of carbonyl (C=O) groups is 1. The first-order valence-corrected chi connectivity index (χ1v) is 9.31. The molecule has 3 rings (SSSR count). The van der Waals surface area contributed by atoms with Gasteiger partial charge in [-0.1, -0.05) is 20.8 Å². The normalized spacial score (nSPS) is 34.2. The first-order valence-electron chi connectivity index (χ1n) is 9.31. The molecule has 0 aromatic rings. The van der Waals surface area contributed by atoms with Gasteiger partial charge in [0.15, 0.2) is 0 Å². The van der Waals surface area contributed by atoms with Gasteiger partial charge in [0.25, 0.3) is 5.91 Å². The highest BCUT2D eigenvalue weighted by molar-refractivity contribution is 5.80. The second-order valence-electron chi connectivity index (χ2n) is 9.28. The van der Waals surface area contributed by atoms with E-state index in [0.29, 0.717) is 29.3 Å². The average molecular weight is 335 g/mol. The molecule has 2 N–H and O–H groups in total. The van der Waals surface area contributed by atoms with Gasteiger partial charge in [-0.25, -0.2) is 0 Å². The number of amides is 1. The molecule has 4 atom stereocenters. The van der Waals surface area contributed by atoms with E-state index in [4.69, 9.17) is 0 Å². The second kappa shape index (κ2) is 6.25. The topological polar surface area (TPSA) is 55.8 Å². The lowest BCUT2D eigenvalue weighted by atomic mass is 9.90. The Kier molecular flexibility index (Phi) is 4.58. The molecule has 3 aliphatic rings. The van der Waals surface area contributed by atoms with Gasteiger partial charge in [0.1, 0.15) is 6.10 Å². The largest absolute Gasteiger partial charge is 0.384 e. The van der Waals surface area contributed by atoms with Crippen LogP contribution >= 0.6 is 0 Å². The summed E-state index contributed by atoms with van der Waals surface area (Å²) in [7, 11) is 2.16. The lowest BCUT2D eigenvalue weighted by Gasteiger charge is -2.29. The molecule has 136 valence electrons. The smallest absolute Gasteiger partial charge is 0.251 e. The zero-order chi connectivity index (χ0) is 17.6. The maximum Gasteiger partial charge on any atom is 0.251 e. The molecule has 0 aromatic heterocycles. The molecule has 24 heavy (non-hydrogen) atoms. The number of aliphatic hydroxyl groups is 1. The number of rotatable bonds is 3. The van der Waals surface area contributed by atoms with Crippen LogP contribution < -0.4 is 5.32 Å². The van der Waals surface area contributed by atoms with Gasteiger partial charge in [-0.2, -0.15) is 0 Å². The molecule has 1 saturated carbocycles. The monoisotopic (exact) mass is 335 g/mol. The zero-order valence-electron chi connectivity index (χ0n) is 15.7. The van der Waals surface area contributed by atoms with E-state index in [1.165, 1.54) is 5.70 Å². The van der Waals surface area contributed by atoms with Gasteiger partial charge in [0.05, 0.1) is 6.17 Å². The van der Waals surface area contributed by atoms with Crippen molar-refractivity contribution in [3.8, 4) is 0 Å². The van der Waals surface area contributed by atoms with Crippen molar-refractivity contribution in [1.29, 1.82) is 0 Å². The SMILES string of the molecule is CC(O)C(=O)N1CC2CC(C3=CN(C)C(CC(C)(C)C)N3)CC2C1. The van der Waals surface area contributed by atoms with Crippen molar-refractivity contribution in [3.63, 3.8) is 0 Å². The Balaban J connectivity index is 1.55. The van der Waals surface area contributed by atoms with Crippen molar-refractivity contribution in [2.75, 3.05) is 20.1 Å². The van der Waals surface area contributed by atoms with E-state index >= 15 is 0 Å². The van der Waals surface area contributed by atoms with Crippen LogP contribution in [0, 0.1) is 23.2 Å². The molecule has 2 fully saturated rings. The van der Waals surface area contributed by atoms with Gasteiger partial charge in [0, 0.05) is 38.0 Å². The van der Waals surface area contributed by atoms with Gasteiger partial charge in [-0.15, -0.1) is 0 Å². The van der Waals surface area contributed by atoms with Crippen LogP contribution in [0.25, 0.3) is 0 Å². The van der Waals surface area contributed by atoms with Gasteiger partial charge < -0.3 is 20.2 Å². The van der Waals surface area contributed by atoms with Crippen molar-refractivity contribution < 1.29 is 9.90 Å². The molecule has 1 saturated heterocycles. The minimum atomic E-state index is -0.870. The van der Waals surface area contributed by atoms with Crippen LogP contribution in [-0.2, 0) is 4.79 Å². The van der Waals surface area contributed by atoms with E-state index in [0.717, 1.165) is 32.4 Å². The number of likely N-dealkylation sites (tertiary alicyclic amines) is 1. The van der Waals surface area contributed by atoms with Crippen molar-refractivity contribution in [2.24, 2.45) is 23.2 Å². The quantitative estimate of drug-likeness (QED) is 0.828. The number of aliphatic hydroxyl groups excluding tert-OH is 1. The minimum absolute atomic E-state index is 0.107. The van der Waals surface area contributed by atoms with Crippen molar-refractivity contribution in [3.05, 3.63) is 11.9 Å². The third-order valence-electron chi connectivity index (χ3n) is 5.83. The Morgan fingerprint density at radius 2 is 1.92 bits per heavy atom. The molecular formula is C19H33N3O2. The summed E-state index contributed by atoms with van der Waals surface area (Å²) in [5.74, 6) is 1.67. The number of allylic oxidation sites excluding steroid dienone is 1. The van der Waals surface area contributed by atoms with E-state index in [9.17, 15) is 9.90 Å². The van der Waals surface area contributed by atoms with Crippen LogP contribution in [0.2, 0.25) is 0 Å². The molecule has 5 heteroatoms. The Bertz CT molecular complexity index is 509. The van der Waals surface area contributed by atoms with E-state index in [1.54, 1.807) is 6.92 Å². The van der Waals surface area contributed by atoms with Crippen LogP contribution in [0.1, 0.15) is 47.0 Å². The van der Waals surface area contributed by atoms with Crippen molar-refractivity contribution in [1.82, 2.24) is 15.1 Å². The van der Waals surface area contributed by atoms with Gasteiger partial charge in [-0.05, 0) is 43.4 Å². The highest BCUT2D eigenvalue weighted by Crippen LogP contribution is 2.45. The Morgan fingerprint density at radius 3 is 2.42 bits per heavy atom. The summed E-state index contributed by atoms with van der Waals surface area (Å²) in [6.07, 6.45) is 5.26. The first kappa shape index (κ1) is 17.6. The first-order chi connectivity index (χ1) is 11.1. The van der Waals surface area contributed by atoms with Gasteiger partial charge >= 0.3 is 0 Å². The lowest BCUT2D eigenvalue weighted by molar-refractivity contribution is -0.138. The fourth-order valence-corrected chi connectivity index (χ4v) is 4.64. The molecule has 0 bridgehead atoms. The molecule has 1 amide bonds. The van der Waals surface area contributed by atoms with Crippen LogP contribution in [0.5, 0.6) is 0 Å². The fraction of sp³-hybridized carbons (Fsp3) is 0.842. The molecule has 2 aliphatic heterocycles. The summed E-state index contributed by atoms with van der Waals surface area (Å²) in [6, 6.07) is 0. The maximum atomic E-state index is 12.0. The molecule has 0 aromatic carbocycles. The van der Waals surface area contributed by atoms with Gasteiger partial charge in [-0.3, -0.25) is 4.79 Å². The standard InChI is InChI=1S/C19H33N3O2/c1-12(23)18(24)22-9-14-6-13(7-15(14)10-22)16-11-21(5)17(20-16)8-19(2,3)4/h11-15,17,20,23H,6-10H2,1-5H3. The van der Waals surface area contributed by atoms with Crippen LogP contribution in [0.3, 0.4) is 0 Å². The summed E-state index contributed by atoms with van der Waals surface area (Å²) >= 11 is 0. The van der Waals surface area contributed by atoms with Crippen molar-refractivity contribution >= 4 is 5.91 Å². The molecule has 1 aliphatic carbocycles. The van der Waals surface area contributed by atoms with Crippen LogP contribution in [0.4, 0.5) is 0 Å². The molecule has 0 radical (unpaired) electrons. The second-order valence-corrected chi connectivity index (χ2v) is 9.28. The van der Waals surface area contributed by atoms with Gasteiger partial charge in [0.2, 0.25) is 0 Å². The summed E-state index contributed by atoms with van der Waals surface area (Å²) in [4.78, 5) is 16.2. The predicted octanol–water partition coefficient (Wildman–Crippen LogP) is 1.99. The van der Waals surface area contributed by atoms with E-state index < -0.39 is 6.10 Å². The number of hydrogen-bond acceptors (Lipinski definition) is 4. The summed E-state index contributed by atoms with van der Waals surface area (Å²) in [5, 5.41) is 13.3. The summed E-state index contributed by atoms with van der Waals surface area (Å²) < 4.78 is 0. The Labute approximate surface area is 146 Å². The summed E-state index contributed by atoms with van der Waals surface area (Å²) in [6.45, 7) is 10.1. The molecule has 2 heterocycles. The number of nitrogens with one attached hydrogen (secondary N) is 1. The highest BCUT2D eigenvalue weighted by Gasteiger charge is 2.44. The number of carbonyl (C=O) groups excluding carboxylic acids is 1. The van der Waals surface area contributed by atoms with Crippen LogP contribution in [0.15, 0.2) is 11.9 Å². The zero-order valence-corrected chi connectivity index (χ0v) is 15.7. The number of hydrogen-bond donors (Lipinski definition) is 2. The fourth-order valence-electron chi connectivity index (χ4n) is 4.64. The van der Waals surface area contributed by atoms with E-state index in [-0.39, 0.29) is 5.91 Å². The third-order valence-corrected chi connectivity index (χ3v) is 5.83. The van der Waals surface area contributed by atoms with E-state index in [1.807, 2.05) is 4.90 Å². The average Bonchev–Trinajstić information content (AvgIpc) is 3.09.